The van der Waals surface area contributed by atoms with Crippen LogP contribution in [0.25, 0.3) is 11.0 Å². The third-order valence-corrected chi connectivity index (χ3v) is 3.56. The number of para-hydroxylation sites is 2. The molecule has 0 saturated heterocycles. The highest BCUT2D eigenvalue weighted by atomic mass is 16.5. The van der Waals surface area contributed by atoms with Crippen molar-refractivity contribution in [1.82, 2.24) is 9.97 Å². The molecule has 0 bridgehead atoms. The van der Waals surface area contributed by atoms with E-state index in [0.29, 0.717) is 0 Å². The van der Waals surface area contributed by atoms with Crippen LogP contribution >= 0.6 is 0 Å². The van der Waals surface area contributed by atoms with Gasteiger partial charge in [-0.05, 0) is 25.0 Å². The number of ether oxygens (including phenoxy) is 1. The molecule has 0 amide bonds. The molecular formula is C15H20N2O3. The van der Waals surface area contributed by atoms with Gasteiger partial charge >= 0.3 is 11.7 Å². The summed E-state index contributed by atoms with van der Waals surface area (Å²) in [5.41, 5.74) is 1.56. The summed E-state index contributed by atoms with van der Waals surface area (Å²) in [7, 11) is 1.47. The summed E-state index contributed by atoms with van der Waals surface area (Å²) in [6.45, 7) is 0. The van der Waals surface area contributed by atoms with E-state index < -0.39 is 0 Å². The molecule has 1 saturated carbocycles. The molecule has 0 radical (unpaired) electrons. The molecule has 1 aromatic carbocycles. The molecule has 2 aromatic rings. The van der Waals surface area contributed by atoms with Gasteiger partial charge in [-0.3, -0.25) is 4.79 Å². The Morgan fingerprint density at radius 2 is 1.65 bits per heavy atom. The van der Waals surface area contributed by atoms with E-state index in [1.165, 1.54) is 26.4 Å². The van der Waals surface area contributed by atoms with Crippen LogP contribution < -0.4 is 5.69 Å². The molecular weight excluding hydrogens is 256 g/mol. The largest absolute Gasteiger partial charge is 0.469 e. The molecule has 20 heavy (non-hydrogen) atoms. The quantitative estimate of drug-likeness (QED) is 0.786. The lowest BCUT2D eigenvalue weighted by Gasteiger charge is -2.18. The summed E-state index contributed by atoms with van der Waals surface area (Å²) in [5.74, 6) is 0.193. The van der Waals surface area contributed by atoms with E-state index in [-0.39, 0.29) is 17.6 Å². The van der Waals surface area contributed by atoms with Gasteiger partial charge in [0.15, 0.2) is 0 Å². The minimum absolute atomic E-state index is 0.0142. The fourth-order valence-corrected chi connectivity index (χ4v) is 2.48. The second-order valence-electron chi connectivity index (χ2n) is 4.98. The van der Waals surface area contributed by atoms with Crippen molar-refractivity contribution in [3.63, 3.8) is 0 Å². The highest BCUT2D eigenvalue weighted by molar-refractivity contribution is 5.73. The fraction of sp³-hybridized carbons (Fsp3) is 0.467. The summed E-state index contributed by atoms with van der Waals surface area (Å²) >= 11 is 0. The number of carbonyl (C=O) groups excluding carboxylic acids is 1. The topological polar surface area (TPSA) is 75.0 Å². The van der Waals surface area contributed by atoms with Crippen molar-refractivity contribution in [2.45, 2.75) is 32.1 Å². The van der Waals surface area contributed by atoms with Gasteiger partial charge in [0.1, 0.15) is 0 Å². The summed E-state index contributed by atoms with van der Waals surface area (Å²) in [6.07, 6.45) is 5.74. The molecule has 5 heteroatoms. The molecule has 1 aliphatic carbocycles. The van der Waals surface area contributed by atoms with Crippen LogP contribution in [0, 0.1) is 5.92 Å². The number of carbonyl (C=O) groups is 1. The molecule has 1 aliphatic rings. The van der Waals surface area contributed by atoms with Crippen LogP contribution in [0.4, 0.5) is 0 Å². The minimum Gasteiger partial charge on any atom is -0.469 e. The first-order valence-corrected chi connectivity index (χ1v) is 6.95. The Balaban J connectivity index is 0.000000147. The first-order chi connectivity index (χ1) is 9.70. The maximum atomic E-state index is 10.9. The molecule has 5 nitrogen and oxygen atoms in total. The summed E-state index contributed by atoms with van der Waals surface area (Å²) < 4.78 is 4.65. The number of nitrogens with one attached hydrogen (secondary N) is 2. The molecule has 1 heterocycles. The maximum absolute atomic E-state index is 10.9. The first kappa shape index (κ1) is 14.4. The lowest BCUT2D eigenvalue weighted by atomic mass is 9.89. The number of imidazole rings is 1. The molecule has 3 rings (SSSR count). The predicted octanol–water partition coefficient (Wildman–Crippen LogP) is 2.60. The van der Waals surface area contributed by atoms with Crippen LogP contribution in [0.2, 0.25) is 0 Å². The fourth-order valence-electron chi connectivity index (χ4n) is 2.48. The van der Waals surface area contributed by atoms with E-state index in [0.717, 1.165) is 23.9 Å². The Labute approximate surface area is 117 Å². The lowest BCUT2D eigenvalue weighted by molar-refractivity contribution is -0.146. The van der Waals surface area contributed by atoms with Crippen LogP contribution in [0.5, 0.6) is 0 Å². The Morgan fingerprint density at radius 1 is 1.10 bits per heavy atom. The van der Waals surface area contributed by atoms with Crippen molar-refractivity contribution in [1.29, 1.82) is 0 Å². The van der Waals surface area contributed by atoms with Crippen molar-refractivity contribution < 1.29 is 9.53 Å². The van der Waals surface area contributed by atoms with Crippen LogP contribution in [-0.2, 0) is 9.53 Å². The smallest absolute Gasteiger partial charge is 0.323 e. The van der Waals surface area contributed by atoms with Crippen LogP contribution in [0.15, 0.2) is 29.1 Å². The molecule has 1 aromatic heterocycles. The first-order valence-electron chi connectivity index (χ1n) is 6.95. The number of fused-ring (bicyclic) bond motifs is 1. The summed E-state index contributed by atoms with van der Waals surface area (Å²) in [6, 6.07) is 7.47. The molecule has 0 atom stereocenters. The molecule has 108 valence electrons. The van der Waals surface area contributed by atoms with Gasteiger partial charge in [-0.25, -0.2) is 4.79 Å². The highest BCUT2D eigenvalue weighted by Gasteiger charge is 2.20. The van der Waals surface area contributed by atoms with Gasteiger partial charge in [0.05, 0.1) is 24.1 Å². The average Bonchev–Trinajstić information content (AvgIpc) is 2.88. The predicted molar refractivity (Wildman–Crippen MR) is 77.5 cm³/mol. The number of H-pyrrole nitrogens is 2. The zero-order chi connectivity index (χ0) is 14.4. The van der Waals surface area contributed by atoms with E-state index in [1.54, 1.807) is 0 Å². The number of aromatic amines is 2. The number of methoxy groups -OCH3 is 1. The third-order valence-electron chi connectivity index (χ3n) is 3.56. The highest BCUT2D eigenvalue weighted by Crippen LogP contribution is 2.24. The Hall–Kier alpha value is -2.04. The van der Waals surface area contributed by atoms with Gasteiger partial charge in [0.25, 0.3) is 0 Å². The Kier molecular flexibility index (Phi) is 4.98. The Bertz CT molecular complexity index is 573. The standard InChI is InChI=1S/C8H14O2.C7H6N2O/c1-10-8(9)7-5-3-2-4-6-7;10-7-8-5-3-1-2-4-6(5)9-7/h7H,2-6H2,1H3;1-4H,(H2,8,9,10). The monoisotopic (exact) mass is 276 g/mol. The van der Waals surface area contributed by atoms with Crippen molar-refractivity contribution in [2.24, 2.45) is 5.92 Å². The van der Waals surface area contributed by atoms with Crippen molar-refractivity contribution in [2.75, 3.05) is 7.11 Å². The van der Waals surface area contributed by atoms with E-state index in [9.17, 15) is 9.59 Å². The van der Waals surface area contributed by atoms with E-state index >= 15 is 0 Å². The normalized spacial score (nSPS) is 15.4. The van der Waals surface area contributed by atoms with Gasteiger partial charge in [-0.1, -0.05) is 31.4 Å². The average molecular weight is 276 g/mol. The van der Waals surface area contributed by atoms with Gasteiger partial charge in [0.2, 0.25) is 0 Å². The second-order valence-corrected chi connectivity index (χ2v) is 4.98. The van der Waals surface area contributed by atoms with Crippen molar-refractivity contribution in [3.8, 4) is 0 Å². The van der Waals surface area contributed by atoms with E-state index in [2.05, 4.69) is 14.7 Å². The Morgan fingerprint density at radius 3 is 2.15 bits per heavy atom. The number of esters is 1. The molecule has 0 unspecified atom stereocenters. The molecule has 2 N–H and O–H groups in total. The number of hydrogen-bond donors (Lipinski definition) is 2. The van der Waals surface area contributed by atoms with Gasteiger partial charge < -0.3 is 14.7 Å². The lowest BCUT2D eigenvalue weighted by Crippen LogP contribution is -2.18. The maximum Gasteiger partial charge on any atom is 0.323 e. The van der Waals surface area contributed by atoms with E-state index in [4.69, 9.17) is 0 Å². The molecule has 1 fully saturated rings. The number of aromatic nitrogens is 2. The minimum atomic E-state index is -0.152. The van der Waals surface area contributed by atoms with Crippen molar-refractivity contribution in [3.05, 3.63) is 34.7 Å². The van der Waals surface area contributed by atoms with Gasteiger partial charge in [-0.15, -0.1) is 0 Å². The van der Waals surface area contributed by atoms with Crippen LogP contribution in [-0.4, -0.2) is 23.0 Å². The summed E-state index contributed by atoms with van der Waals surface area (Å²) in [5, 5.41) is 0. The van der Waals surface area contributed by atoms with Crippen molar-refractivity contribution >= 4 is 17.0 Å². The van der Waals surface area contributed by atoms with Gasteiger partial charge in [-0.2, -0.15) is 0 Å². The number of benzene rings is 1. The molecule has 0 aliphatic heterocycles. The van der Waals surface area contributed by atoms with Crippen LogP contribution in [0.3, 0.4) is 0 Å². The zero-order valence-corrected chi connectivity index (χ0v) is 11.6. The number of hydrogen-bond acceptors (Lipinski definition) is 3. The van der Waals surface area contributed by atoms with Crippen LogP contribution in [0.1, 0.15) is 32.1 Å². The summed E-state index contributed by atoms with van der Waals surface area (Å²) in [4.78, 5) is 26.9. The zero-order valence-electron chi connectivity index (χ0n) is 11.6. The SMILES string of the molecule is COC(=O)C1CCCCC1.O=c1[nH]c2ccccc2[nH]1. The van der Waals surface area contributed by atoms with E-state index in [1.807, 2.05) is 24.3 Å². The second kappa shape index (κ2) is 6.93. The number of rotatable bonds is 1. The van der Waals surface area contributed by atoms with Gasteiger partial charge in [0, 0.05) is 0 Å². The third kappa shape index (κ3) is 3.73. The molecule has 0 spiro atoms.